The van der Waals surface area contributed by atoms with E-state index in [1.54, 1.807) is 12.3 Å². The first-order valence-electron chi connectivity index (χ1n) is 9.40. The van der Waals surface area contributed by atoms with Crippen LogP contribution in [0.25, 0.3) is 10.9 Å². The zero-order valence-corrected chi connectivity index (χ0v) is 15.5. The van der Waals surface area contributed by atoms with Crippen LogP contribution in [-0.2, 0) is 13.0 Å². The molecule has 2 aromatic carbocycles. The van der Waals surface area contributed by atoms with Gasteiger partial charge in [-0.2, -0.15) is 0 Å². The summed E-state index contributed by atoms with van der Waals surface area (Å²) >= 11 is 0. The van der Waals surface area contributed by atoms with Crippen LogP contribution in [0, 0.1) is 5.82 Å². The lowest BCUT2D eigenvalue weighted by Crippen LogP contribution is -2.15. The molecule has 0 fully saturated rings. The molecule has 2 aromatic heterocycles. The molecule has 1 N–H and O–H groups in total. The number of aromatic nitrogens is 2. The van der Waals surface area contributed by atoms with Gasteiger partial charge in [-0.05, 0) is 54.3 Å². The highest BCUT2D eigenvalue weighted by molar-refractivity contribution is 5.81. The molecule has 0 bridgehead atoms. The van der Waals surface area contributed by atoms with Gasteiger partial charge in [0.05, 0.1) is 11.7 Å². The molecule has 0 aliphatic heterocycles. The van der Waals surface area contributed by atoms with Crippen molar-refractivity contribution in [2.24, 2.45) is 0 Å². The summed E-state index contributed by atoms with van der Waals surface area (Å²) in [5, 5.41) is 1.11. The van der Waals surface area contributed by atoms with E-state index in [9.17, 15) is 4.39 Å². The van der Waals surface area contributed by atoms with Gasteiger partial charge in [0, 0.05) is 24.3 Å². The van der Waals surface area contributed by atoms with Gasteiger partial charge in [0.1, 0.15) is 18.2 Å². The van der Waals surface area contributed by atoms with E-state index in [-0.39, 0.29) is 5.82 Å². The summed E-state index contributed by atoms with van der Waals surface area (Å²) in [6, 6.07) is 20.0. The molecule has 4 rings (SSSR count). The minimum atomic E-state index is -0.239. The predicted octanol–water partition coefficient (Wildman–Crippen LogP) is 4.93. The number of hydrogen-bond donors (Lipinski definition) is 1. The molecule has 4 nitrogen and oxygen atoms in total. The number of hydrogen-bond acceptors (Lipinski definition) is 3. The summed E-state index contributed by atoms with van der Waals surface area (Å²) in [7, 11) is 0. The Morgan fingerprint density at radius 1 is 1.04 bits per heavy atom. The van der Waals surface area contributed by atoms with Crippen molar-refractivity contribution in [1.29, 1.82) is 0 Å². The van der Waals surface area contributed by atoms with Gasteiger partial charge in [-0.15, -0.1) is 0 Å². The summed E-state index contributed by atoms with van der Waals surface area (Å²) in [4.78, 5) is 3.78. The predicted molar refractivity (Wildman–Crippen MR) is 109 cm³/mol. The van der Waals surface area contributed by atoms with Crippen LogP contribution in [0.4, 0.5) is 4.39 Å². The Kier molecular flexibility index (Phi) is 5.52. The number of aryl methyl sites for hydroxylation is 1. The molecule has 0 aliphatic rings. The van der Waals surface area contributed by atoms with Crippen molar-refractivity contribution in [1.82, 2.24) is 9.66 Å². The Hall–Kier alpha value is -3.34. The van der Waals surface area contributed by atoms with E-state index in [0.29, 0.717) is 18.6 Å². The minimum absolute atomic E-state index is 0.239. The van der Waals surface area contributed by atoms with Crippen molar-refractivity contribution in [2.75, 3.05) is 12.0 Å². The number of ether oxygens (including phenoxy) is 1. The maximum absolute atomic E-state index is 13.6. The van der Waals surface area contributed by atoms with Crippen LogP contribution >= 0.6 is 0 Å². The molecule has 28 heavy (non-hydrogen) atoms. The van der Waals surface area contributed by atoms with Crippen molar-refractivity contribution >= 4 is 10.9 Å². The van der Waals surface area contributed by atoms with E-state index in [4.69, 9.17) is 4.74 Å². The Labute approximate surface area is 163 Å². The third kappa shape index (κ3) is 4.31. The lowest BCUT2D eigenvalue weighted by molar-refractivity contribution is 0.306. The average Bonchev–Trinajstić information content (AvgIpc) is 3.14. The van der Waals surface area contributed by atoms with Gasteiger partial charge < -0.3 is 10.2 Å². The Balaban J connectivity index is 1.33. The minimum Gasteiger partial charge on any atom is -0.489 e. The van der Waals surface area contributed by atoms with Gasteiger partial charge in [0.15, 0.2) is 0 Å². The first-order chi connectivity index (χ1) is 13.8. The largest absolute Gasteiger partial charge is 0.489 e. The lowest BCUT2D eigenvalue weighted by Gasteiger charge is -2.10. The third-order valence-corrected chi connectivity index (χ3v) is 4.67. The number of pyridine rings is 1. The third-order valence-electron chi connectivity index (χ3n) is 4.67. The molecule has 0 radical (unpaired) electrons. The molecular weight excluding hydrogens is 353 g/mol. The van der Waals surface area contributed by atoms with E-state index < -0.39 is 0 Å². The van der Waals surface area contributed by atoms with Crippen molar-refractivity contribution in [3.05, 3.63) is 96.2 Å². The van der Waals surface area contributed by atoms with Crippen molar-refractivity contribution in [3.8, 4) is 5.75 Å². The first-order valence-corrected chi connectivity index (χ1v) is 9.40. The first kappa shape index (κ1) is 18.0. The van der Waals surface area contributed by atoms with Gasteiger partial charge in [0.2, 0.25) is 0 Å². The van der Waals surface area contributed by atoms with Crippen LogP contribution in [0.5, 0.6) is 5.75 Å². The average molecular weight is 375 g/mol. The second kappa shape index (κ2) is 8.57. The van der Waals surface area contributed by atoms with E-state index in [2.05, 4.69) is 28.6 Å². The van der Waals surface area contributed by atoms with Crippen molar-refractivity contribution in [2.45, 2.75) is 19.4 Å². The fraction of sp³-hybridized carbons (Fsp3) is 0.174. The van der Waals surface area contributed by atoms with E-state index in [0.717, 1.165) is 35.2 Å². The Morgan fingerprint density at radius 2 is 1.93 bits per heavy atom. The zero-order valence-electron chi connectivity index (χ0n) is 15.5. The Bertz CT molecular complexity index is 1050. The fourth-order valence-corrected chi connectivity index (χ4v) is 3.17. The normalized spacial score (nSPS) is 10.9. The second-order valence-electron chi connectivity index (χ2n) is 6.66. The second-order valence-corrected chi connectivity index (χ2v) is 6.66. The number of benzene rings is 2. The molecule has 0 saturated carbocycles. The molecule has 0 spiro atoms. The number of halogens is 1. The molecule has 5 heteroatoms. The molecule has 0 aliphatic carbocycles. The van der Waals surface area contributed by atoms with Crippen molar-refractivity contribution in [3.63, 3.8) is 0 Å². The molecular formula is C23H22FN3O. The van der Waals surface area contributed by atoms with Crippen molar-refractivity contribution < 1.29 is 9.13 Å². The molecule has 0 unspecified atom stereocenters. The van der Waals surface area contributed by atoms with Crippen LogP contribution < -0.4 is 10.2 Å². The number of fused-ring (bicyclic) bond motifs is 1. The summed E-state index contributed by atoms with van der Waals surface area (Å²) in [6.07, 6.45) is 6.40. The van der Waals surface area contributed by atoms with Crippen LogP contribution in [0.2, 0.25) is 0 Å². The Morgan fingerprint density at radius 3 is 2.79 bits per heavy atom. The highest BCUT2D eigenvalue weighted by Gasteiger charge is 2.04. The standard InChI is InChI=1S/C23H22FN3O/c24-22-16-25-13-10-19(22)7-4-12-26-27-14-11-20-15-21(8-9-23(20)27)28-17-18-5-2-1-3-6-18/h1-3,5-6,8-11,13-16,26H,4,7,12,17H2. The molecule has 0 saturated heterocycles. The molecule has 0 amide bonds. The van der Waals surface area contributed by atoms with Crippen LogP contribution in [0.15, 0.2) is 79.3 Å². The number of nitrogens with zero attached hydrogens (tertiary/aromatic N) is 2. The van der Waals surface area contributed by atoms with E-state index in [1.807, 2.05) is 47.3 Å². The number of rotatable bonds is 8. The number of nitrogens with one attached hydrogen (secondary N) is 1. The monoisotopic (exact) mass is 375 g/mol. The van der Waals surface area contributed by atoms with Gasteiger partial charge in [-0.25, -0.2) is 4.39 Å². The molecule has 2 heterocycles. The molecule has 0 atom stereocenters. The summed E-state index contributed by atoms with van der Waals surface area (Å²) in [5.74, 6) is 0.610. The fourth-order valence-electron chi connectivity index (χ4n) is 3.17. The van der Waals surface area contributed by atoms with Gasteiger partial charge in [0.25, 0.3) is 0 Å². The van der Waals surface area contributed by atoms with Gasteiger partial charge in [-0.1, -0.05) is 30.3 Å². The van der Waals surface area contributed by atoms with Crippen LogP contribution in [0.1, 0.15) is 17.5 Å². The smallest absolute Gasteiger partial charge is 0.144 e. The van der Waals surface area contributed by atoms with Crippen LogP contribution in [0.3, 0.4) is 0 Å². The summed E-state index contributed by atoms with van der Waals surface area (Å²) in [5.41, 5.74) is 6.31. The maximum atomic E-state index is 13.6. The van der Waals surface area contributed by atoms with Crippen LogP contribution in [-0.4, -0.2) is 16.2 Å². The highest BCUT2D eigenvalue weighted by Crippen LogP contribution is 2.22. The quantitative estimate of drug-likeness (QED) is 0.444. The molecule has 142 valence electrons. The molecule has 4 aromatic rings. The summed E-state index contributed by atoms with van der Waals surface area (Å²) < 4.78 is 21.5. The lowest BCUT2D eigenvalue weighted by atomic mass is 10.1. The van der Waals surface area contributed by atoms with Gasteiger partial charge in [-0.3, -0.25) is 9.66 Å². The SMILES string of the molecule is Fc1cnccc1CCCNn1ccc2cc(OCc3ccccc3)ccc21. The van der Waals surface area contributed by atoms with E-state index in [1.165, 1.54) is 6.20 Å². The maximum Gasteiger partial charge on any atom is 0.144 e. The van der Waals surface area contributed by atoms with Gasteiger partial charge >= 0.3 is 0 Å². The zero-order chi connectivity index (χ0) is 19.2. The summed E-state index contributed by atoms with van der Waals surface area (Å²) in [6.45, 7) is 1.30. The topological polar surface area (TPSA) is 39.1 Å². The van der Waals surface area contributed by atoms with E-state index >= 15 is 0 Å². The highest BCUT2D eigenvalue weighted by atomic mass is 19.1.